The summed E-state index contributed by atoms with van der Waals surface area (Å²) in [6, 6.07) is 0. The molecule has 0 aromatic carbocycles. The lowest BCUT2D eigenvalue weighted by Crippen LogP contribution is -2.36. The zero-order chi connectivity index (χ0) is 12.8. The maximum Gasteiger partial charge on any atom is 0.224 e. The molecule has 1 amide bonds. The summed E-state index contributed by atoms with van der Waals surface area (Å²) in [6.45, 7) is 13.7. The van der Waals surface area contributed by atoms with Gasteiger partial charge < -0.3 is 5.32 Å². The number of hydrogen-bond acceptors (Lipinski definition) is 1. The highest BCUT2D eigenvalue weighted by Gasteiger charge is 2.68. The van der Waals surface area contributed by atoms with Crippen molar-refractivity contribution in [2.24, 2.45) is 22.2 Å². The largest absolute Gasteiger partial charge is 0.355 e. The van der Waals surface area contributed by atoms with Crippen LogP contribution in [0.5, 0.6) is 0 Å². The van der Waals surface area contributed by atoms with E-state index in [4.69, 9.17) is 0 Å². The Labute approximate surface area is 108 Å². The number of carbonyl (C=O) groups excluding carboxylic acids is 1. The number of amides is 1. The molecule has 1 saturated carbocycles. The third-order valence-corrected chi connectivity index (χ3v) is 5.90. The predicted octanol–water partition coefficient (Wildman–Crippen LogP) is 3.21. The van der Waals surface area contributed by atoms with E-state index in [1.165, 1.54) is 0 Å². The normalized spacial score (nSPS) is 22.9. The molecule has 1 N–H and O–H groups in total. The molecule has 0 bridgehead atoms. The van der Waals surface area contributed by atoms with Crippen molar-refractivity contribution in [3.05, 3.63) is 0 Å². The average molecular weight is 290 g/mol. The van der Waals surface area contributed by atoms with Crippen LogP contribution in [-0.2, 0) is 4.79 Å². The zero-order valence-corrected chi connectivity index (χ0v) is 12.9. The molecule has 0 spiro atoms. The maximum absolute atomic E-state index is 12.1. The van der Waals surface area contributed by atoms with Gasteiger partial charge in [0.15, 0.2) is 0 Å². The lowest BCUT2D eigenvalue weighted by atomic mass is 9.96. The van der Waals surface area contributed by atoms with Crippen LogP contribution >= 0.6 is 15.9 Å². The quantitative estimate of drug-likeness (QED) is 0.791. The molecule has 0 aromatic rings. The first-order valence-corrected chi connectivity index (χ1v) is 7.02. The van der Waals surface area contributed by atoms with Crippen LogP contribution in [0, 0.1) is 22.2 Å². The third kappa shape index (κ3) is 2.29. The van der Waals surface area contributed by atoms with Crippen molar-refractivity contribution < 1.29 is 4.79 Å². The highest BCUT2D eigenvalue weighted by molar-refractivity contribution is 9.09. The fraction of sp³-hybridized carbons (Fsp3) is 0.923. The van der Waals surface area contributed by atoms with Gasteiger partial charge in [0.2, 0.25) is 5.91 Å². The molecule has 2 nitrogen and oxygen atoms in total. The molecule has 0 saturated heterocycles. The van der Waals surface area contributed by atoms with E-state index in [-0.39, 0.29) is 28.1 Å². The minimum absolute atomic E-state index is 0.124. The first kappa shape index (κ1) is 14.0. The van der Waals surface area contributed by atoms with Crippen LogP contribution in [-0.4, -0.2) is 17.8 Å². The van der Waals surface area contributed by atoms with Gasteiger partial charge in [0.1, 0.15) is 0 Å². The van der Waals surface area contributed by atoms with Crippen molar-refractivity contribution in [2.45, 2.75) is 41.5 Å². The molecule has 1 aliphatic rings. The highest BCUT2D eigenvalue weighted by Crippen LogP contribution is 2.68. The Kier molecular flexibility index (Phi) is 3.51. The molecule has 1 rings (SSSR count). The fourth-order valence-corrected chi connectivity index (χ4v) is 2.53. The second-order valence-electron chi connectivity index (χ2n) is 6.89. The van der Waals surface area contributed by atoms with E-state index in [0.29, 0.717) is 0 Å². The van der Waals surface area contributed by atoms with Gasteiger partial charge in [0, 0.05) is 17.8 Å². The summed E-state index contributed by atoms with van der Waals surface area (Å²) in [5.74, 6) is 0.371. The molecule has 0 heterocycles. The number of carbonyl (C=O) groups is 1. The van der Waals surface area contributed by atoms with Crippen LogP contribution < -0.4 is 5.32 Å². The van der Waals surface area contributed by atoms with Gasteiger partial charge >= 0.3 is 0 Å². The molecule has 0 aliphatic heterocycles. The van der Waals surface area contributed by atoms with Gasteiger partial charge in [0.05, 0.1) is 0 Å². The van der Waals surface area contributed by atoms with Crippen LogP contribution in [0.4, 0.5) is 0 Å². The molecule has 94 valence electrons. The van der Waals surface area contributed by atoms with Crippen molar-refractivity contribution in [3.63, 3.8) is 0 Å². The second-order valence-corrected chi connectivity index (χ2v) is 7.45. The van der Waals surface area contributed by atoms with Crippen molar-refractivity contribution in [2.75, 3.05) is 11.9 Å². The molecule has 0 atom stereocenters. The Morgan fingerprint density at radius 3 is 2.00 bits per heavy atom. The number of halogens is 1. The van der Waals surface area contributed by atoms with Gasteiger partial charge in [-0.2, -0.15) is 0 Å². The molecular weight excluding hydrogens is 266 g/mol. The van der Waals surface area contributed by atoms with Crippen molar-refractivity contribution in [1.29, 1.82) is 0 Å². The number of nitrogens with one attached hydrogen (secondary N) is 1. The lowest BCUT2D eigenvalue weighted by molar-refractivity contribution is -0.123. The summed E-state index contributed by atoms with van der Waals surface area (Å²) in [6.07, 6.45) is 0. The first-order valence-electron chi connectivity index (χ1n) is 5.90. The summed E-state index contributed by atoms with van der Waals surface area (Å²) < 4.78 is 0. The summed E-state index contributed by atoms with van der Waals surface area (Å²) in [7, 11) is 0. The number of hydrogen-bond donors (Lipinski definition) is 1. The minimum atomic E-state index is 0.124. The Hall–Kier alpha value is -0.0500. The maximum atomic E-state index is 12.1. The molecule has 3 heteroatoms. The summed E-state index contributed by atoms with van der Waals surface area (Å²) in [4.78, 5) is 12.1. The molecule has 0 radical (unpaired) electrons. The second kappa shape index (κ2) is 4.01. The first-order chi connectivity index (χ1) is 7.06. The standard InChI is InChI=1S/C13H24BrNO/c1-11(2,7-14)8-15-10(16)9-12(3,4)13(9,5)6/h9H,7-8H2,1-6H3,(H,15,16). The van der Waals surface area contributed by atoms with Crippen LogP contribution in [0.15, 0.2) is 0 Å². The van der Waals surface area contributed by atoms with E-state index < -0.39 is 0 Å². The Morgan fingerprint density at radius 1 is 1.25 bits per heavy atom. The SMILES string of the molecule is CC(C)(CBr)CNC(=O)C1C(C)(C)C1(C)C. The summed E-state index contributed by atoms with van der Waals surface area (Å²) >= 11 is 3.47. The Morgan fingerprint density at radius 2 is 1.69 bits per heavy atom. The minimum Gasteiger partial charge on any atom is -0.355 e. The molecule has 1 aliphatic carbocycles. The zero-order valence-electron chi connectivity index (χ0n) is 11.3. The van der Waals surface area contributed by atoms with Gasteiger partial charge in [-0.25, -0.2) is 0 Å². The van der Waals surface area contributed by atoms with Crippen molar-refractivity contribution >= 4 is 21.8 Å². The lowest BCUT2D eigenvalue weighted by Gasteiger charge is -2.22. The molecular formula is C13H24BrNO. The van der Waals surface area contributed by atoms with E-state index in [1.54, 1.807) is 0 Å². The van der Waals surface area contributed by atoms with E-state index >= 15 is 0 Å². The van der Waals surface area contributed by atoms with E-state index in [0.717, 1.165) is 11.9 Å². The monoisotopic (exact) mass is 289 g/mol. The van der Waals surface area contributed by atoms with Gasteiger partial charge in [-0.05, 0) is 16.2 Å². The van der Waals surface area contributed by atoms with E-state index in [9.17, 15) is 4.79 Å². The molecule has 0 unspecified atom stereocenters. The predicted molar refractivity (Wildman–Crippen MR) is 71.6 cm³/mol. The third-order valence-electron chi connectivity index (χ3n) is 4.39. The topological polar surface area (TPSA) is 29.1 Å². The van der Waals surface area contributed by atoms with Gasteiger partial charge in [-0.1, -0.05) is 57.5 Å². The van der Waals surface area contributed by atoms with Gasteiger partial charge in [-0.3, -0.25) is 4.79 Å². The van der Waals surface area contributed by atoms with Crippen molar-refractivity contribution in [3.8, 4) is 0 Å². The van der Waals surface area contributed by atoms with E-state index in [1.807, 2.05) is 0 Å². The van der Waals surface area contributed by atoms with Crippen LogP contribution in [0.1, 0.15) is 41.5 Å². The number of alkyl halides is 1. The number of rotatable bonds is 4. The molecule has 16 heavy (non-hydrogen) atoms. The van der Waals surface area contributed by atoms with Crippen molar-refractivity contribution in [1.82, 2.24) is 5.32 Å². The van der Waals surface area contributed by atoms with Crippen LogP contribution in [0.25, 0.3) is 0 Å². The summed E-state index contributed by atoms with van der Waals surface area (Å²) in [5.41, 5.74) is 0.393. The van der Waals surface area contributed by atoms with Crippen LogP contribution in [0.2, 0.25) is 0 Å². The smallest absolute Gasteiger partial charge is 0.224 e. The average Bonchev–Trinajstić information content (AvgIpc) is 2.54. The summed E-state index contributed by atoms with van der Waals surface area (Å²) in [5, 5.41) is 3.98. The van der Waals surface area contributed by atoms with Crippen LogP contribution in [0.3, 0.4) is 0 Å². The molecule has 1 fully saturated rings. The highest BCUT2D eigenvalue weighted by atomic mass is 79.9. The van der Waals surface area contributed by atoms with E-state index in [2.05, 4.69) is 62.8 Å². The molecule has 0 aromatic heterocycles. The van der Waals surface area contributed by atoms with Gasteiger partial charge in [0.25, 0.3) is 0 Å². The Balaban J connectivity index is 2.51. The fourth-order valence-electron chi connectivity index (χ4n) is 2.33. The van der Waals surface area contributed by atoms with Gasteiger partial charge in [-0.15, -0.1) is 0 Å². The Bertz CT molecular complexity index is 280.